The molecule has 0 radical (unpaired) electrons. The lowest BCUT2D eigenvalue weighted by molar-refractivity contribution is -0.0430. The van der Waals surface area contributed by atoms with Crippen LogP contribution in [0.4, 0.5) is 0 Å². The fourth-order valence-corrected chi connectivity index (χ4v) is 2.01. The van der Waals surface area contributed by atoms with Gasteiger partial charge in [0.25, 0.3) is 0 Å². The van der Waals surface area contributed by atoms with Crippen LogP contribution in [0.25, 0.3) is 0 Å². The van der Waals surface area contributed by atoms with Crippen LogP contribution < -0.4 is 5.73 Å². The quantitative estimate of drug-likeness (QED) is 0.760. The molecule has 3 nitrogen and oxygen atoms in total. The molecule has 1 atom stereocenters. The van der Waals surface area contributed by atoms with Gasteiger partial charge in [-0.15, -0.1) is 0 Å². The van der Waals surface area contributed by atoms with E-state index < -0.39 is 5.60 Å². The van der Waals surface area contributed by atoms with Gasteiger partial charge in [-0.2, -0.15) is 0 Å². The van der Waals surface area contributed by atoms with Gasteiger partial charge in [-0.3, -0.25) is 0 Å². The predicted octanol–water partition coefficient (Wildman–Crippen LogP) is 1.82. The number of nitrogens with two attached hydrogens (primary N) is 1. The second-order valence-corrected chi connectivity index (χ2v) is 4.41. The smallest absolute Gasteiger partial charge is 0.113 e. The Morgan fingerprint density at radius 2 is 2.18 bits per heavy atom. The van der Waals surface area contributed by atoms with Gasteiger partial charge in [0.15, 0.2) is 0 Å². The lowest BCUT2D eigenvalue weighted by Gasteiger charge is -2.28. The van der Waals surface area contributed by atoms with Crippen molar-refractivity contribution in [2.24, 2.45) is 5.73 Å². The van der Waals surface area contributed by atoms with Crippen molar-refractivity contribution in [3.8, 4) is 0 Å². The Hall–Kier alpha value is -0.900. The second kappa shape index (κ2) is 6.74. The minimum atomic E-state index is -0.917. The van der Waals surface area contributed by atoms with Crippen LogP contribution >= 0.6 is 0 Å². The van der Waals surface area contributed by atoms with Crippen molar-refractivity contribution >= 4 is 0 Å². The minimum Gasteiger partial charge on any atom is -0.383 e. The van der Waals surface area contributed by atoms with Crippen LogP contribution in [0.15, 0.2) is 24.3 Å². The van der Waals surface area contributed by atoms with Crippen molar-refractivity contribution < 1.29 is 9.84 Å². The molecule has 1 aromatic rings. The standard InChI is InChI=1S/C14H23NO2/c1-3-12-6-4-7-13(10-12)14(16,11-17-2)8-5-9-15/h4,6-7,10,16H,3,5,8-9,11,15H2,1-2H3. The molecule has 0 amide bonds. The Morgan fingerprint density at radius 1 is 1.41 bits per heavy atom. The first kappa shape index (κ1) is 14.2. The van der Waals surface area contributed by atoms with Gasteiger partial charge in [0.1, 0.15) is 5.60 Å². The number of hydrogen-bond donors (Lipinski definition) is 2. The number of hydrogen-bond acceptors (Lipinski definition) is 3. The molecule has 0 aliphatic heterocycles. The molecule has 1 aromatic carbocycles. The third kappa shape index (κ3) is 3.80. The van der Waals surface area contributed by atoms with E-state index in [1.165, 1.54) is 5.56 Å². The van der Waals surface area contributed by atoms with Crippen molar-refractivity contribution in [1.29, 1.82) is 0 Å². The van der Waals surface area contributed by atoms with Gasteiger partial charge >= 0.3 is 0 Å². The van der Waals surface area contributed by atoms with Gasteiger partial charge in [0.2, 0.25) is 0 Å². The number of rotatable bonds is 7. The zero-order chi connectivity index (χ0) is 12.7. The average Bonchev–Trinajstić information content (AvgIpc) is 2.37. The Balaban J connectivity index is 2.94. The molecule has 0 aliphatic rings. The molecule has 96 valence electrons. The number of benzene rings is 1. The van der Waals surface area contributed by atoms with Crippen molar-refractivity contribution in [1.82, 2.24) is 0 Å². The van der Waals surface area contributed by atoms with Crippen molar-refractivity contribution in [2.75, 3.05) is 20.3 Å². The maximum absolute atomic E-state index is 10.7. The van der Waals surface area contributed by atoms with Crippen LogP contribution in [0.3, 0.4) is 0 Å². The van der Waals surface area contributed by atoms with Gasteiger partial charge in [-0.25, -0.2) is 0 Å². The lowest BCUT2D eigenvalue weighted by Crippen LogP contribution is -2.32. The Morgan fingerprint density at radius 3 is 2.76 bits per heavy atom. The van der Waals surface area contributed by atoms with Gasteiger partial charge in [0.05, 0.1) is 6.61 Å². The number of methoxy groups -OCH3 is 1. The van der Waals surface area contributed by atoms with Crippen LogP contribution in [0.5, 0.6) is 0 Å². The molecule has 0 aliphatic carbocycles. The summed E-state index contributed by atoms with van der Waals surface area (Å²) in [6.07, 6.45) is 2.38. The zero-order valence-corrected chi connectivity index (χ0v) is 10.8. The van der Waals surface area contributed by atoms with E-state index in [2.05, 4.69) is 19.1 Å². The van der Waals surface area contributed by atoms with E-state index in [-0.39, 0.29) is 0 Å². The molecule has 0 saturated carbocycles. The second-order valence-electron chi connectivity index (χ2n) is 4.41. The summed E-state index contributed by atoms with van der Waals surface area (Å²) >= 11 is 0. The van der Waals surface area contributed by atoms with E-state index >= 15 is 0 Å². The van der Waals surface area contributed by atoms with E-state index in [0.717, 1.165) is 18.4 Å². The van der Waals surface area contributed by atoms with E-state index in [1.54, 1.807) is 7.11 Å². The molecule has 1 rings (SSSR count). The summed E-state index contributed by atoms with van der Waals surface area (Å²) in [7, 11) is 1.61. The molecule has 0 heterocycles. The van der Waals surface area contributed by atoms with Crippen molar-refractivity contribution in [3.05, 3.63) is 35.4 Å². The summed E-state index contributed by atoms with van der Waals surface area (Å²) in [6.45, 7) is 2.99. The molecule has 0 spiro atoms. The Bertz CT molecular complexity index is 341. The summed E-state index contributed by atoms with van der Waals surface area (Å²) in [5.74, 6) is 0. The minimum absolute atomic E-state index is 0.306. The largest absolute Gasteiger partial charge is 0.383 e. The van der Waals surface area contributed by atoms with E-state index in [0.29, 0.717) is 19.6 Å². The van der Waals surface area contributed by atoms with Gasteiger partial charge < -0.3 is 15.6 Å². The first-order valence-corrected chi connectivity index (χ1v) is 6.17. The Labute approximate surface area is 104 Å². The normalized spacial score (nSPS) is 14.6. The summed E-state index contributed by atoms with van der Waals surface area (Å²) in [5.41, 5.74) is 6.75. The highest BCUT2D eigenvalue weighted by Crippen LogP contribution is 2.27. The molecule has 3 N–H and O–H groups in total. The van der Waals surface area contributed by atoms with Crippen LogP contribution in [-0.4, -0.2) is 25.4 Å². The fraction of sp³-hybridized carbons (Fsp3) is 0.571. The molecule has 0 aromatic heterocycles. The first-order chi connectivity index (χ1) is 8.16. The van der Waals surface area contributed by atoms with E-state index in [4.69, 9.17) is 10.5 Å². The molecular weight excluding hydrogens is 214 g/mol. The van der Waals surface area contributed by atoms with Crippen molar-refractivity contribution in [2.45, 2.75) is 31.8 Å². The molecule has 3 heteroatoms. The first-order valence-electron chi connectivity index (χ1n) is 6.17. The summed E-state index contributed by atoms with van der Waals surface area (Å²) < 4.78 is 5.14. The van der Waals surface area contributed by atoms with Gasteiger partial charge in [-0.05, 0) is 36.9 Å². The lowest BCUT2D eigenvalue weighted by atomic mass is 9.88. The summed E-state index contributed by atoms with van der Waals surface area (Å²) in [4.78, 5) is 0. The van der Waals surface area contributed by atoms with Gasteiger partial charge in [-0.1, -0.05) is 31.2 Å². The summed E-state index contributed by atoms with van der Waals surface area (Å²) in [6, 6.07) is 8.06. The van der Waals surface area contributed by atoms with Crippen LogP contribution in [-0.2, 0) is 16.8 Å². The van der Waals surface area contributed by atoms with Crippen LogP contribution in [0.1, 0.15) is 30.9 Å². The molecule has 0 saturated heterocycles. The fourth-order valence-electron chi connectivity index (χ4n) is 2.01. The van der Waals surface area contributed by atoms with E-state index in [9.17, 15) is 5.11 Å². The summed E-state index contributed by atoms with van der Waals surface area (Å²) in [5, 5.41) is 10.7. The third-order valence-electron chi connectivity index (χ3n) is 3.05. The molecule has 1 unspecified atom stereocenters. The monoisotopic (exact) mass is 237 g/mol. The number of aryl methyl sites for hydroxylation is 1. The average molecular weight is 237 g/mol. The highest BCUT2D eigenvalue weighted by atomic mass is 16.5. The highest BCUT2D eigenvalue weighted by Gasteiger charge is 2.28. The topological polar surface area (TPSA) is 55.5 Å². The van der Waals surface area contributed by atoms with E-state index in [1.807, 2.05) is 12.1 Å². The van der Waals surface area contributed by atoms with Gasteiger partial charge in [0, 0.05) is 7.11 Å². The van der Waals surface area contributed by atoms with Crippen LogP contribution in [0, 0.1) is 0 Å². The highest BCUT2D eigenvalue weighted by molar-refractivity contribution is 5.28. The van der Waals surface area contributed by atoms with Crippen molar-refractivity contribution in [3.63, 3.8) is 0 Å². The maximum atomic E-state index is 10.7. The third-order valence-corrected chi connectivity index (χ3v) is 3.05. The maximum Gasteiger partial charge on any atom is 0.113 e. The predicted molar refractivity (Wildman–Crippen MR) is 69.9 cm³/mol. The molecule has 17 heavy (non-hydrogen) atoms. The molecule has 0 fully saturated rings. The Kier molecular flexibility index (Phi) is 5.62. The zero-order valence-electron chi connectivity index (χ0n) is 10.8. The van der Waals surface area contributed by atoms with Crippen LogP contribution in [0.2, 0.25) is 0 Å². The number of aliphatic hydroxyl groups is 1. The SMILES string of the molecule is CCc1cccc(C(O)(CCCN)COC)c1. The molecular formula is C14H23NO2. The number of ether oxygens (including phenoxy) is 1. The molecule has 0 bridgehead atoms.